The van der Waals surface area contributed by atoms with Crippen molar-refractivity contribution >= 4 is 34.5 Å². The summed E-state index contributed by atoms with van der Waals surface area (Å²) in [7, 11) is -7.34. The van der Waals surface area contributed by atoms with Crippen molar-refractivity contribution in [3.05, 3.63) is 0 Å². The molecule has 0 aromatic carbocycles. The van der Waals surface area contributed by atoms with Crippen molar-refractivity contribution in [2.75, 3.05) is 13.2 Å². The van der Waals surface area contributed by atoms with Crippen LogP contribution in [0.25, 0.3) is 0 Å². The quantitative estimate of drug-likeness (QED) is 0.297. The molecular formula is C13H36O6Si4. The van der Waals surface area contributed by atoms with Gasteiger partial charge >= 0.3 is 8.56 Å². The second-order valence-corrected chi connectivity index (χ2v) is 23.0. The van der Waals surface area contributed by atoms with E-state index in [1.807, 2.05) is 0 Å². The van der Waals surface area contributed by atoms with Gasteiger partial charge in [-0.15, -0.1) is 0 Å². The maximum absolute atomic E-state index is 8.78. The molecule has 0 aromatic rings. The van der Waals surface area contributed by atoms with Crippen molar-refractivity contribution in [3.63, 3.8) is 0 Å². The van der Waals surface area contributed by atoms with E-state index in [1.165, 1.54) is 0 Å². The lowest BCUT2D eigenvalue weighted by molar-refractivity contribution is -0.0945. The van der Waals surface area contributed by atoms with Gasteiger partial charge < -0.3 is 27.3 Å². The molecule has 0 radical (unpaired) electrons. The lowest BCUT2D eigenvalue weighted by atomic mass is 10.5. The maximum Gasteiger partial charge on any atom is 0.315 e. The third kappa shape index (κ3) is 14.7. The van der Waals surface area contributed by atoms with Crippen molar-refractivity contribution < 1.29 is 27.3 Å². The molecular weight excluding hydrogens is 364 g/mol. The Morgan fingerprint density at radius 3 is 1.91 bits per heavy atom. The van der Waals surface area contributed by atoms with Crippen LogP contribution in [0.15, 0.2) is 0 Å². The van der Waals surface area contributed by atoms with Crippen LogP contribution in [-0.2, 0) is 17.1 Å². The van der Waals surface area contributed by atoms with Gasteiger partial charge in [0.25, 0.3) is 9.28 Å². The zero-order chi connectivity index (χ0) is 18.3. The molecule has 0 aromatic heterocycles. The van der Waals surface area contributed by atoms with Crippen molar-refractivity contribution in [1.29, 1.82) is 0 Å². The minimum Gasteiger partial charge on any atom is -0.439 e. The largest absolute Gasteiger partial charge is 0.439 e. The van der Waals surface area contributed by atoms with Crippen LogP contribution >= 0.6 is 0 Å². The van der Waals surface area contributed by atoms with Crippen LogP contribution in [0.4, 0.5) is 0 Å². The van der Waals surface area contributed by atoms with E-state index in [-0.39, 0.29) is 6.61 Å². The van der Waals surface area contributed by atoms with Gasteiger partial charge in [0.15, 0.2) is 22.9 Å². The van der Waals surface area contributed by atoms with Crippen molar-refractivity contribution in [3.8, 4) is 0 Å². The molecule has 0 rings (SSSR count). The van der Waals surface area contributed by atoms with Crippen molar-refractivity contribution in [2.24, 2.45) is 0 Å². The second kappa shape index (κ2) is 9.94. The van der Waals surface area contributed by atoms with Crippen LogP contribution in [0.1, 0.15) is 6.42 Å². The van der Waals surface area contributed by atoms with Crippen LogP contribution in [0.5, 0.6) is 0 Å². The minimum absolute atomic E-state index is 0.0576. The third-order valence-corrected chi connectivity index (χ3v) is 15.6. The topological polar surface area (TPSA) is 77.4 Å². The van der Waals surface area contributed by atoms with E-state index in [9.17, 15) is 0 Å². The van der Waals surface area contributed by atoms with Crippen LogP contribution in [-0.4, -0.2) is 64.2 Å². The van der Waals surface area contributed by atoms with E-state index >= 15 is 0 Å². The van der Waals surface area contributed by atoms with Gasteiger partial charge in [-0.1, -0.05) is 0 Å². The summed E-state index contributed by atoms with van der Waals surface area (Å²) in [4.78, 5) is 0. The lowest BCUT2D eigenvalue weighted by Gasteiger charge is -2.37. The highest BCUT2D eigenvalue weighted by atomic mass is 28.5. The highest BCUT2D eigenvalue weighted by Crippen LogP contribution is 2.23. The molecule has 140 valence electrons. The molecule has 0 saturated carbocycles. The molecule has 0 saturated heterocycles. The average Bonchev–Trinajstić information content (AvgIpc) is 2.21. The molecule has 0 heterocycles. The standard InChI is InChI=1S/C13H36O6Si4/c1-20(17-21(2,3)4)18-23(8,19-22(5,6)7)11-9-10-16-12-13(14)15/h13-15,20H,9-12H2,1-8H3. The van der Waals surface area contributed by atoms with Gasteiger partial charge in [0.2, 0.25) is 0 Å². The summed E-state index contributed by atoms with van der Waals surface area (Å²) in [6, 6.07) is 0.825. The summed E-state index contributed by atoms with van der Waals surface area (Å²) >= 11 is 0. The smallest absolute Gasteiger partial charge is 0.315 e. The fourth-order valence-electron chi connectivity index (χ4n) is 2.34. The predicted octanol–water partition coefficient (Wildman–Crippen LogP) is 2.35. The number of hydrogen-bond donors (Lipinski definition) is 2. The molecule has 2 atom stereocenters. The number of rotatable bonds is 12. The molecule has 0 aliphatic rings. The summed E-state index contributed by atoms with van der Waals surface area (Å²) in [6.07, 6.45) is -0.626. The van der Waals surface area contributed by atoms with Gasteiger partial charge in [-0.05, 0) is 64.8 Å². The molecule has 0 fully saturated rings. The second-order valence-electron chi connectivity index (χ2n) is 7.92. The monoisotopic (exact) mass is 400 g/mol. The van der Waals surface area contributed by atoms with E-state index in [0.29, 0.717) is 6.61 Å². The Morgan fingerprint density at radius 2 is 1.48 bits per heavy atom. The SMILES string of the molecule is C[SiH](O[Si](C)(C)C)O[Si](C)(CCCOCC(O)O)O[Si](C)(C)C. The zero-order valence-electron chi connectivity index (χ0n) is 16.0. The first-order chi connectivity index (χ1) is 10.2. The summed E-state index contributed by atoms with van der Waals surface area (Å²) in [5.74, 6) is 0. The zero-order valence-corrected chi connectivity index (χ0v) is 20.2. The Morgan fingerprint density at radius 1 is 0.913 bits per heavy atom. The van der Waals surface area contributed by atoms with E-state index < -0.39 is 40.8 Å². The molecule has 0 spiro atoms. The Labute approximate surface area is 146 Å². The molecule has 0 aliphatic heterocycles. The van der Waals surface area contributed by atoms with Crippen LogP contribution in [0, 0.1) is 0 Å². The Kier molecular flexibility index (Phi) is 10.2. The first-order valence-corrected chi connectivity index (χ1v) is 19.7. The lowest BCUT2D eigenvalue weighted by Crippen LogP contribution is -2.51. The molecule has 0 aliphatic carbocycles. The number of aliphatic hydroxyl groups excluding tert-OH is 1. The van der Waals surface area contributed by atoms with Gasteiger partial charge in [0.05, 0.1) is 6.61 Å². The first-order valence-electron chi connectivity index (χ1n) is 8.22. The van der Waals surface area contributed by atoms with Gasteiger partial charge in [0.1, 0.15) is 0 Å². The number of ether oxygens (including phenoxy) is 1. The molecule has 23 heavy (non-hydrogen) atoms. The van der Waals surface area contributed by atoms with Crippen molar-refractivity contribution in [2.45, 2.75) is 71.1 Å². The van der Waals surface area contributed by atoms with E-state index in [1.54, 1.807) is 0 Å². The highest BCUT2D eigenvalue weighted by molar-refractivity contribution is 6.85. The molecule has 0 bridgehead atoms. The average molecular weight is 401 g/mol. The van der Waals surface area contributed by atoms with Gasteiger partial charge in [-0.2, -0.15) is 0 Å². The molecule has 10 heteroatoms. The fourth-order valence-corrected chi connectivity index (χ4v) is 17.2. The van der Waals surface area contributed by atoms with Gasteiger partial charge in [-0.25, -0.2) is 0 Å². The molecule has 2 N–H and O–H groups in total. The fraction of sp³-hybridized carbons (Fsp3) is 1.00. The van der Waals surface area contributed by atoms with Crippen LogP contribution in [0.2, 0.25) is 58.4 Å². The molecule has 0 amide bonds. The minimum atomic E-state index is -2.31. The predicted molar refractivity (Wildman–Crippen MR) is 103 cm³/mol. The summed E-state index contributed by atoms with van der Waals surface area (Å²) in [5.41, 5.74) is 0. The summed E-state index contributed by atoms with van der Waals surface area (Å²) in [6.45, 7) is 17.6. The Hall–Kier alpha value is 0.628. The summed E-state index contributed by atoms with van der Waals surface area (Å²) in [5, 5.41) is 17.6. The van der Waals surface area contributed by atoms with Crippen LogP contribution in [0.3, 0.4) is 0 Å². The number of hydrogen-bond acceptors (Lipinski definition) is 6. The van der Waals surface area contributed by atoms with Gasteiger partial charge in [0, 0.05) is 6.61 Å². The third-order valence-electron chi connectivity index (χ3n) is 2.64. The molecule has 6 nitrogen and oxygen atoms in total. The number of aliphatic hydroxyl groups is 2. The van der Waals surface area contributed by atoms with E-state index in [2.05, 4.69) is 52.4 Å². The molecule has 2 unspecified atom stereocenters. The highest BCUT2D eigenvalue weighted by Gasteiger charge is 2.38. The van der Waals surface area contributed by atoms with Gasteiger partial charge in [-0.3, -0.25) is 0 Å². The maximum atomic E-state index is 8.78. The van der Waals surface area contributed by atoms with Crippen LogP contribution < -0.4 is 0 Å². The van der Waals surface area contributed by atoms with Crippen molar-refractivity contribution in [1.82, 2.24) is 0 Å². The summed E-state index contributed by atoms with van der Waals surface area (Å²) < 4.78 is 24.1. The van der Waals surface area contributed by atoms with E-state index in [0.717, 1.165) is 12.5 Å². The Balaban J connectivity index is 4.57. The normalized spacial score (nSPS) is 17.3. The first kappa shape index (κ1) is 23.6. The van der Waals surface area contributed by atoms with E-state index in [4.69, 9.17) is 27.3 Å². The Bertz CT molecular complexity index is 331.